The molecule has 1 saturated carbocycles. The van der Waals surface area contributed by atoms with E-state index in [2.05, 4.69) is 40.3 Å². The molecule has 98 valence electrons. The van der Waals surface area contributed by atoms with Crippen LogP contribution in [0.1, 0.15) is 31.2 Å². The lowest BCUT2D eigenvalue weighted by Gasteiger charge is -2.28. The molecule has 0 heterocycles. The van der Waals surface area contributed by atoms with Gasteiger partial charge in [-0.25, -0.2) is 0 Å². The summed E-state index contributed by atoms with van der Waals surface area (Å²) in [7, 11) is 0. The normalized spacial score (nSPS) is 23.7. The van der Waals surface area contributed by atoms with Gasteiger partial charge < -0.3 is 10.4 Å². The molecule has 1 aliphatic carbocycles. The summed E-state index contributed by atoms with van der Waals surface area (Å²) >= 11 is 3.48. The van der Waals surface area contributed by atoms with Crippen molar-refractivity contribution in [1.82, 2.24) is 0 Å². The Labute approximate surface area is 116 Å². The van der Waals surface area contributed by atoms with Gasteiger partial charge in [-0.1, -0.05) is 22.4 Å². The number of anilines is 1. The molecule has 2 rings (SSSR count). The summed E-state index contributed by atoms with van der Waals surface area (Å²) in [5, 5.41) is 12.5. The highest BCUT2D eigenvalue weighted by Crippen LogP contribution is 2.28. The predicted molar refractivity (Wildman–Crippen MR) is 75.9 cm³/mol. The van der Waals surface area contributed by atoms with Crippen molar-refractivity contribution in [2.24, 2.45) is 5.92 Å². The molecule has 0 aliphatic heterocycles. The van der Waals surface area contributed by atoms with Gasteiger partial charge >= 0.3 is 5.97 Å². The third-order valence-corrected chi connectivity index (χ3v) is 3.89. The largest absolute Gasteiger partial charge is 0.481 e. The number of nitrogens with one attached hydrogen (secondary N) is 1. The van der Waals surface area contributed by atoms with Crippen molar-refractivity contribution in [3.63, 3.8) is 0 Å². The van der Waals surface area contributed by atoms with E-state index in [1.807, 2.05) is 6.07 Å². The molecule has 2 atom stereocenters. The SMILES string of the molecule is Cc1cc(Br)cc(NC2CCCC(C(=O)O)C2)c1. The van der Waals surface area contributed by atoms with Gasteiger partial charge in [-0.2, -0.15) is 0 Å². The van der Waals surface area contributed by atoms with Crippen LogP contribution < -0.4 is 5.32 Å². The maximum Gasteiger partial charge on any atom is 0.306 e. The second-order valence-corrected chi connectivity index (χ2v) is 5.98. The van der Waals surface area contributed by atoms with Gasteiger partial charge in [0.1, 0.15) is 0 Å². The Kier molecular flexibility index (Phi) is 4.27. The van der Waals surface area contributed by atoms with E-state index >= 15 is 0 Å². The van der Waals surface area contributed by atoms with Gasteiger partial charge in [0.25, 0.3) is 0 Å². The standard InChI is InChI=1S/C14H18BrNO2/c1-9-5-11(15)8-13(6-9)16-12-4-2-3-10(7-12)14(17)18/h5-6,8,10,12,16H,2-4,7H2,1H3,(H,17,18). The zero-order valence-electron chi connectivity index (χ0n) is 10.4. The summed E-state index contributed by atoms with van der Waals surface area (Å²) in [5.41, 5.74) is 2.26. The fourth-order valence-corrected chi connectivity index (χ4v) is 3.21. The fraction of sp³-hybridized carbons (Fsp3) is 0.500. The molecular formula is C14H18BrNO2. The zero-order valence-corrected chi connectivity index (χ0v) is 12.0. The van der Waals surface area contributed by atoms with E-state index in [0.717, 1.165) is 35.8 Å². The molecule has 0 spiro atoms. The fourth-order valence-electron chi connectivity index (χ4n) is 2.60. The monoisotopic (exact) mass is 311 g/mol. The number of aliphatic carboxylic acids is 1. The Hall–Kier alpha value is -1.03. The number of carboxylic acid groups (broad SMARTS) is 1. The molecule has 2 N–H and O–H groups in total. The smallest absolute Gasteiger partial charge is 0.306 e. The number of halogens is 1. The van der Waals surface area contributed by atoms with Gasteiger partial charge in [0.2, 0.25) is 0 Å². The first-order valence-corrected chi connectivity index (χ1v) is 7.10. The lowest BCUT2D eigenvalue weighted by atomic mass is 9.85. The molecule has 18 heavy (non-hydrogen) atoms. The van der Waals surface area contributed by atoms with Crippen LogP contribution in [-0.4, -0.2) is 17.1 Å². The van der Waals surface area contributed by atoms with E-state index in [0.29, 0.717) is 0 Å². The van der Waals surface area contributed by atoms with Crippen molar-refractivity contribution in [3.05, 3.63) is 28.2 Å². The summed E-state index contributed by atoms with van der Waals surface area (Å²) in [6.45, 7) is 2.05. The average Bonchev–Trinajstić information content (AvgIpc) is 2.27. The van der Waals surface area contributed by atoms with Crippen molar-refractivity contribution >= 4 is 27.6 Å². The van der Waals surface area contributed by atoms with Crippen molar-refractivity contribution in [1.29, 1.82) is 0 Å². The van der Waals surface area contributed by atoms with Crippen molar-refractivity contribution in [3.8, 4) is 0 Å². The highest BCUT2D eigenvalue weighted by atomic mass is 79.9. The molecule has 0 saturated heterocycles. The van der Waals surface area contributed by atoms with Crippen LogP contribution in [0.15, 0.2) is 22.7 Å². The number of hydrogen-bond acceptors (Lipinski definition) is 2. The highest BCUT2D eigenvalue weighted by Gasteiger charge is 2.26. The molecule has 1 aliphatic rings. The van der Waals surface area contributed by atoms with E-state index in [1.54, 1.807) is 0 Å². The lowest BCUT2D eigenvalue weighted by Crippen LogP contribution is -2.30. The molecule has 0 amide bonds. The first-order valence-electron chi connectivity index (χ1n) is 6.31. The minimum Gasteiger partial charge on any atom is -0.481 e. The van der Waals surface area contributed by atoms with Crippen LogP contribution in [0.5, 0.6) is 0 Å². The van der Waals surface area contributed by atoms with Crippen LogP contribution in [0.4, 0.5) is 5.69 Å². The Balaban J connectivity index is 2.02. The van der Waals surface area contributed by atoms with E-state index in [-0.39, 0.29) is 12.0 Å². The van der Waals surface area contributed by atoms with E-state index in [9.17, 15) is 4.79 Å². The van der Waals surface area contributed by atoms with Crippen LogP contribution in [0.3, 0.4) is 0 Å². The maximum absolute atomic E-state index is 11.0. The van der Waals surface area contributed by atoms with Gasteiger partial charge in [0.05, 0.1) is 5.92 Å². The third kappa shape index (κ3) is 3.48. The van der Waals surface area contributed by atoms with E-state index in [4.69, 9.17) is 5.11 Å². The second kappa shape index (κ2) is 5.74. The number of carboxylic acids is 1. The third-order valence-electron chi connectivity index (χ3n) is 3.44. The van der Waals surface area contributed by atoms with E-state index in [1.165, 1.54) is 5.56 Å². The first kappa shape index (κ1) is 13.4. The summed E-state index contributed by atoms with van der Waals surface area (Å²) in [4.78, 5) is 11.0. The summed E-state index contributed by atoms with van der Waals surface area (Å²) < 4.78 is 1.05. The van der Waals surface area contributed by atoms with Crippen LogP contribution in [-0.2, 0) is 4.79 Å². The van der Waals surface area contributed by atoms with Gasteiger partial charge in [-0.3, -0.25) is 4.79 Å². The summed E-state index contributed by atoms with van der Waals surface area (Å²) in [6, 6.07) is 6.46. The Morgan fingerprint density at radius 2 is 2.17 bits per heavy atom. The quantitative estimate of drug-likeness (QED) is 0.892. The molecular weight excluding hydrogens is 294 g/mol. The van der Waals surface area contributed by atoms with Crippen molar-refractivity contribution in [2.75, 3.05) is 5.32 Å². The van der Waals surface area contributed by atoms with Crippen LogP contribution in [0, 0.1) is 12.8 Å². The Morgan fingerprint density at radius 1 is 1.39 bits per heavy atom. The average molecular weight is 312 g/mol. The number of aryl methyl sites for hydroxylation is 1. The zero-order chi connectivity index (χ0) is 13.1. The molecule has 2 unspecified atom stereocenters. The Bertz CT molecular complexity index is 427. The van der Waals surface area contributed by atoms with E-state index < -0.39 is 5.97 Å². The molecule has 0 bridgehead atoms. The summed E-state index contributed by atoms with van der Waals surface area (Å²) in [5.74, 6) is -0.851. The molecule has 1 aromatic rings. The number of benzene rings is 1. The van der Waals surface area contributed by atoms with Crippen LogP contribution >= 0.6 is 15.9 Å². The van der Waals surface area contributed by atoms with Gasteiger partial charge in [-0.15, -0.1) is 0 Å². The molecule has 0 radical (unpaired) electrons. The number of rotatable bonds is 3. The maximum atomic E-state index is 11.0. The second-order valence-electron chi connectivity index (χ2n) is 5.06. The summed E-state index contributed by atoms with van der Waals surface area (Å²) in [6.07, 6.45) is 3.57. The molecule has 3 nitrogen and oxygen atoms in total. The van der Waals surface area contributed by atoms with Gasteiger partial charge in [0.15, 0.2) is 0 Å². The Morgan fingerprint density at radius 3 is 2.83 bits per heavy atom. The minimum atomic E-state index is -0.660. The highest BCUT2D eigenvalue weighted by molar-refractivity contribution is 9.10. The molecule has 1 aromatic carbocycles. The topological polar surface area (TPSA) is 49.3 Å². The number of hydrogen-bond donors (Lipinski definition) is 2. The lowest BCUT2D eigenvalue weighted by molar-refractivity contribution is -0.142. The molecule has 0 aromatic heterocycles. The number of carbonyl (C=O) groups is 1. The van der Waals surface area contributed by atoms with Gasteiger partial charge in [-0.05, 0) is 49.9 Å². The van der Waals surface area contributed by atoms with Crippen molar-refractivity contribution < 1.29 is 9.90 Å². The molecule has 1 fully saturated rings. The van der Waals surface area contributed by atoms with Crippen molar-refractivity contribution in [2.45, 2.75) is 38.6 Å². The van der Waals surface area contributed by atoms with Crippen LogP contribution in [0.25, 0.3) is 0 Å². The minimum absolute atomic E-state index is 0.190. The van der Waals surface area contributed by atoms with Gasteiger partial charge in [0, 0.05) is 16.2 Å². The predicted octanol–water partition coefficient (Wildman–Crippen LogP) is 3.81. The first-order chi connectivity index (χ1) is 8.54. The van der Waals surface area contributed by atoms with Crippen LogP contribution in [0.2, 0.25) is 0 Å². The molecule has 4 heteroatoms.